The summed E-state index contributed by atoms with van der Waals surface area (Å²) in [5.74, 6) is 0.737. The lowest BCUT2D eigenvalue weighted by molar-refractivity contribution is 0.0793. The zero-order valence-corrected chi connectivity index (χ0v) is 23.4. The molecule has 8 heteroatoms. The number of nitrogens with one attached hydrogen (secondary N) is 2. The summed E-state index contributed by atoms with van der Waals surface area (Å²) in [6, 6.07) is 17.8. The maximum absolute atomic E-state index is 13.3. The summed E-state index contributed by atoms with van der Waals surface area (Å²) in [6.07, 6.45) is 3.20. The number of piperidine rings is 1. The van der Waals surface area contributed by atoms with Crippen LogP contribution in [0.4, 0.5) is 17.1 Å². The van der Waals surface area contributed by atoms with Crippen molar-refractivity contribution in [1.29, 1.82) is 0 Å². The summed E-state index contributed by atoms with van der Waals surface area (Å²) < 4.78 is 1.95. The second-order valence-corrected chi connectivity index (χ2v) is 11.6. The number of aryl methyl sites for hydroxylation is 2. The number of fused-ring (bicyclic) bond motifs is 4. The maximum Gasteiger partial charge on any atom is 0.253 e. The minimum Gasteiger partial charge on any atom is -0.369 e. The number of hydrogen-bond acceptors (Lipinski definition) is 4. The van der Waals surface area contributed by atoms with Crippen LogP contribution in [0.15, 0.2) is 59.4 Å². The van der Waals surface area contributed by atoms with Crippen LogP contribution in [0, 0.1) is 19.8 Å². The molecule has 1 amide bonds. The highest BCUT2D eigenvalue weighted by atomic mass is 32.1. The van der Waals surface area contributed by atoms with E-state index in [0.29, 0.717) is 16.6 Å². The lowest BCUT2D eigenvalue weighted by atomic mass is 9.83. The molecule has 0 saturated carbocycles. The molecule has 3 aliphatic heterocycles. The molecule has 2 N–H and O–H groups in total. The second-order valence-electron chi connectivity index (χ2n) is 11.2. The van der Waals surface area contributed by atoms with Gasteiger partial charge in [0.05, 0.1) is 11.4 Å². The summed E-state index contributed by atoms with van der Waals surface area (Å²) in [6.45, 7) is 8.20. The van der Waals surface area contributed by atoms with Crippen LogP contribution in [0.25, 0.3) is 0 Å². The van der Waals surface area contributed by atoms with Gasteiger partial charge in [0.25, 0.3) is 11.5 Å². The first-order valence-corrected chi connectivity index (χ1v) is 14.3. The molecule has 0 aliphatic carbocycles. The van der Waals surface area contributed by atoms with Crippen molar-refractivity contribution < 1.29 is 4.79 Å². The first-order valence-electron chi connectivity index (χ1n) is 13.9. The number of amides is 1. The lowest BCUT2D eigenvalue weighted by Gasteiger charge is -2.44. The van der Waals surface area contributed by atoms with Crippen LogP contribution in [-0.4, -0.2) is 46.7 Å². The van der Waals surface area contributed by atoms with Gasteiger partial charge in [-0.2, -0.15) is 0 Å². The number of thiocarbonyl (C=S) groups is 1. The van der Waals surface area contributed by atoms with Crippen molar-refractivity contribution in [3.05, 3.63) is 87.3 Å². The lowest BCUT2D eigenvalue weighted by Crippen LogP contribution is -2.47. The van der Waals surface area contributed by atoms with E-state index < -0.39 is 0 Å². The molecule has 2 bridgehead atoms. The first kappa shape index (κ1) is 25.6. The largest absolute Gasteiger partial charge is 0.369 e. The zero-order valence-electron chi connectivity index (χ0n) is 22.6. The monoisotopic (exact) mass is 541 g/mol. The van der Waals surface area contributed by atoms with Gasteiger partial charge in [-0.05, 0) is 98.8 Å². The summed E-state index contributed by atoms with van der Waals surface area (Å²) in [4.78, 5) is 30.1. The first-order chi connectivity index (χ1) is 18.9. The Balaban J connectivity index is 1.30. The predicted molar refractivity (Wildman–Crippen MR) is 161 cm³/mol. The van der Waals surface area contributed by atoms with Crippen molar-refractivity contribution in [2.45, 2.75) is 45.6 Å². The molecule has 2 aromatic carbocycles. The summed E-state index contributed by atoms with van der Waals surface area (Å²) in [5, 5.41) is 7.23. The van der Waals surface area contributed by atoms with Crippen molar-refractivity contribution in [2.24, 2.45) is 5.92 Å². The van der Waals surface area contributed by atoms with Crippen molar-refractivity contribution in [1.82, 2.24) is 9.47 Å². The third kappa shape index (κ3) is 5.17. The zero-order chi connectivity index (χ0) is 27.1. The number of carbonyl (C=O) groups is 1. The molecule has 3 aromatic rings. The van der Waals surface area contributed by atoms with Crippen LogP contribution >= 0.6 is 12.2 Å². The molecule has 3 aliphatic rings. The van der Waals surface area contributed by atoms with E-state index in [1.165, 1.54) is 11.1 Å². The minimum absolute atomic E-state index is 0.0685. The van der Waals surface area contributed by atoms with Gasteiger partial charge in [-0.15, -0.1) is 0 Å². The fraction of sp³-hybridized carbons (Fsp3) is 0.387. The van der Waals surface area contributed by atoms with Gasteiger partial charge in [-0.3, -0.25) is 9.59 Å². The Morgan fingerprint density at radius 2 is 1.74 bits per heavy atom. The van der Waals surface area contributed by atoms with Gasteiger partial charge in [-0.1, -0.05) is 12.1 Å². The number of likely N-dealkylation sites (tertiary alicyclic amines) is 1. The SMILES string of the molecule is Cc1ccc(NC(=S)Nc2cc(C(=O)N3CCCC3)ccc2N2CC3CC(C2)c2cccc(=O)n2C3)cc1C. The third-order valence-corrected chi connectivity index (χ3v) is 8.67. The van der Waals surface area contributed by atoms with Crippen molar-refractivity contribution in [3.63, 3.8) is 0 Å². The number of benzene rings is 2. The fourth-order valence-corrected chi connectivity index (χ4v) is 6.57. The van der Waals surface area contributed by atoms with Gasteiger partial charge in [0, 0.05) is 61.7 Å². The van der Waals surface area contributed by atoms with Crippen molar-refractivity contribution >= 4 is 40.3 Å². The Labute approximate surface area is 234 Å². The quantitative estimate of drug-likeness (QED) is 0.446. The molecule has 2 fully saturated rings. The second kappa shape index (κ2) is 10.5. The predicted octanol–water partition coefficient (Wildman–Crippen LogP) is 5.13. The topological polar surface area (TPSA) is 69.6 Å². The highest BCUT2D eigenvalue weighted by Gasteiger charge is 2.35. The van der Waals surface area contributed by atoms with Crippen LogP contribution in [0.2, 0.25) is 0 Å². The van der Waals surface area contributed by atoms with Crippen LogP contribution in [0.5, 0.6) is 0 Å². The molecular weight excluding hydrogens is 506 g/mol. The number of carbonyl (C=O) groups excluding carboxylic acids is 1. The van der Waals surface area contributed by atoms with Gasteiger partial charge in [0.1, 0.15) is 0 Å². The molecule has 1 aromatic heterocycles. The highest BCUT2D eigenvalue weighted by molar-refractivity contribution is 7.80. The highest BCUT2D eigenvalue weighted by Crippen LogP contribution is 2.39. The standard InChI is InChI=1S/C31H35N5O2S/c1-20-8-10-25(14-21(20)2)32-31(39)33-26-16-23(30(38)34-12-3-4-13-34)9-11-28(26)35-17-22-15-24(19-35)27-6-5-7-29(37)36(27)18-22/h5-11,14,16,22,24H,3-4,12-13,15,17-19H2,1-2H3,(H2,32,33,39). The molecule has 39 heavy (non-hydrogen) atoms. The van der Waals surface area contributed by atoms with E-state index in [9.17, 15) is 9.59 Å². The Morgan fingerprint density at radius 1 is 0.923 bits per heavy atom. The molecule has 7 nitrogen and oxygen atoms in total. The van der Waals surface area contributed by atoms with Crippen LogP contribution in [0.3, 0.4) is 0 Å². The average molecular weight is 542 g/mol. The average Bonchev–Trinajstić information content (AvgIpc) is 3.46. The summed E-state index contributed by atoms with van der Waals surface area (Å²) in [5.41, 5.74) is 7.08. The third-order valence-electron chi connectivity index (χ3n) is 8.47. The molecule has 0 radical (unpaired) electrons. The Hall–Kier alpha value is -3.65. The maximum atomic E-state index is 13.3. The normalized spacial score (nSPS) is 19.9. The number of anilines is 3. The van der Waals surface area contributed by atoms with Gasteiger partial charge in [0.2, 0.25) is 0 Å². The number of aromatic nitrogens is 1. The number of rotatable bonds is 4. The van der Waals surface area contributed by atoms with Crippen molar-refractivity contribution in [2.75, 3.05) is 41.7 Å². The Bertz CT molecular complexity index is 1490. The number of pyridine rings is 1. The van der Waals surface area contributed by atoms with E-state index >= 15 is 0 Å². The van der Waals surface area contributed by atoms with E-state index in [2.05, 4.69) is 53.6 Å². The molecular formula is C31H35N5O2S. The smallest absolute Gasteiger partial charge is 0.253 e. The van der Waals surface area contributed by atoms with Gasteiger partial charge >= 0.3 is 0 Å². The Morgan fingerprint density at radius 3 is 2.54 bits per heavy atom. The Kier molecular flexibility index (Phi) is 6.89. The van der Waals surface area contributed by atoms with E-state index in [1.54, 1.807) is 6.07 Å². The van der Waals surface area contributed by atoms with Gasteiger partial charge < -0.3 is 25.0 Å². The van der Waals surface area contributed by atoms with Crippen LogP contribution in [-0.2, 0) is 6.54 Å². The number of nitrogens with zero attached hydrogens (tertiary/aromatic N) is 3. The molecule has 2 saturated heterocycles. The molecule has 4 heterocycles. The molecule has 2 unspecified atom stereocenters. The van der Waals surface area contributed by atoms with E-state index in [4.69, 9.17) is 12.2 Å². The fourth-order valence-electron chi connectivity index (χ4n) is 6.34. The summed E-state index contributed by atoms with van der Waals surface area (Å²) in [7, 11) is 0. The van der Waals surface area contributed by atoms with E-state index in [-0.39, 0.29) is 17.4 Å². The van der Waals surface area contributed by atoms with E-state index in [0.717, 1.165) is 74.7 Å². The van der Waals surface area contributed by atoms with Gasteiger partial charge in [0.15, 0.2) is 5.11 Å². The molecule has 202 valence electrons. The molecule has 2 atom stereocenters. The molecule has 0 spiro atoms. The van der Waals surface area contributed by atoms with Crippen LogP contribution < -0.4 is 21.1 Å². The summed E-state index contributed by atoms with van der Waals surface area (Å²) >= 11 is 5.74. The number of hydrogen-bond donors (Lipinski definition) is 2. The van der Waals surface area contributed by atoms with E-state index in [1.807, 2.05) is 33.7 Å². The van der Waals surface area contributed by atoms with Crippen molar-refractivity contribution in [3.8, 4) is 0 Å². The molecule has 6 rings (SSSR count). The van der Waals surface area contributed by atoms with Crippen LogP contribution in [0.1, 0.15) is 52.4 Å². The van der Waals surface area contributed by atoms with Gasteiger partial charge in [-0.25, -0.2) is 0 Å². The minimum atomic E-state index is 0.0685.